The predicted octanol–water partition coefficient (Wildman–Crippen LogP) is 6.31. The van der Waals surface area contributed by atoms with Crippen molar-refractivity contribution in [2.75, 3.05) is 31.9 Å². The number of methoxy groups -OCH3 is 1. The first-order valence-electron chi connectivity index (χ1n) is 10.8. The number of nitrogens with zero attached hydrogens (tertiary/aromatic N) is 5. The molecule has 2 aliphatic heterocycles. The second-order valence-electron chi connectivity index (χ2n) is 8.32. The quantitative estimate of drug-likeness (QED) is 0.364. The van der Waals surface area contributed by atoms with E-state index in [1.54, 1.807) is 29.5 Å². The van der Waals surface area contributed by atoms with Gasteiger partial charge in [0.1, 0.15) is 23.9 Å². The number of morpholine rings is 1. The van der Waals surface area contributed by atoms with Crippen molar-refractivity contribution in [3.63, 3.8) is 0 Å². The van der Waals surface area contributed by atoms with Crippen LogP contribution in [0, 0.1) is 6.92 Å². The van der Waals surface area contributed by atoms with E-state index in [0.29, 0.717) is 48.3 Å². The van der Waals surface area contributed by atoms with Gasteiger partial charge in [0.05, 0.1) is 37.1 Å². The molecule has 7 nitrogen and oxygen atoms in total. The smallest absolute Gasteiger partial charge is 0.310 e. The van der Waals surface area contributed by atoms with Crippen molar-refractivity contribution in [1.82, 2.24) is 14.6 Å². The van der Waals surface area contributed by atoms with Crippen LogP contribution >= 0.6 is 10.2 Å². The Morgan fingerprint density at radius 2 is 1.78 bits per heavy atom. The van der Waals surface area contributed by atoms with Gasteiger partial charge in [0.2, 0.25) is 0 Å². The van der Waals surface area contributed by atoms with E-state index in [0.717, 1.165) is 29.1 Å². The van der Waals surface area contributed by atoms with Crippen molar-refractivity contribution in [3.8, 4) is 11.4 Å². The fraction of sp³-hybridized carbons (Fsp3) is 0.217. The minimum atomic E-state index is -9.73. The molecule has 1 aromatic heterocycles. The van der Waals surface area contributed by atoms with Gasteiger partial charge in [0, 0.05) is 6.20 Å². The molecule has 13 heteroatoms. The average Bonchev–Trinajstić information content (AvgIpc) is 3.44. The molecule has 2 aromatic carbocycles. The summed E-state index contributed by atoms with van der Waals surface area (Å²) in [5, 5.41) is 3.37. The van der Waals surface area contributed by atoms with Crippen LogP contribution in [0.3, 0.4) is 0 Å². The summed E-state index contributed by atoms with van der Waals surface area (Å²) in [7, 11) is -8.17. The van der Waals surface area contributed by atoms with Gasteiger partial charge < -0.3 is 14.0 Å². The SMILES string of the molecule is COc1cc(/C=C2\OCCN3C2=NCN3c2ccc(S(F)(F)(F)(F)F)cc2)ccc1-n1cnc(C)c1. The van der Waals surface area contributed by atoms with E-state index in [2.05, 4.69) is 9.98 Å². The third-order valence-electron chi connectivity index (χ3n) is 5.74. The molecule has 0 unspecified atom stereocenters. The third-order valence-corrected chi connectivity index (χ3v) is 6.91. The van der Waals surface area contributed by atoms with Gasteiger partial charge in [-0.25, -0.2) is 9.98 Å². The number of aliphatic imine (C=N–C) groups is 1. The molecule has 0 atom stereocenters. The monoisotopic (exact) mass is 527 g/mol. The van der Waals surface area contributed by atoms with Gasteiger partial charge >= 0.3 is 10.2 Å². The maximum atomic E-state index is 13.1. The normalized spacial score (nSPS) is 18.9. The summed E-state index contributed by atoms with van der Waals surface area (Å²) in [4.78, 5) is 6.78. The molecule has 0 saturated carbocycles. The maximum Gasteiger partial charge on any atom is 0.310 e. The first-order chi connectivity index (χ1) is 16.8. The van der Waals surface area contributed by atoms with E-state index < -0.39 is 15.1 Å². The van der Waals surface area contributed by atoms with E-state index in [9.17, 15) is 19.4 Å². The molecule has 0 amide bonds. The molecule has 3 heterocycles. The number of ether oxygens (including phenoxy) is 2. The number of rotatable bonds is 5. The molecule has 5 rings (SSSR count). The van der Waals surface area contributed by atoms with Gasteiger partial charge in [0.15, 0.2) is 11.6 Å². The number of hydrogen-bond acceptors (Lipinski definition) is 6. The number of aryl methyl sites for hydroxylation is 1. The van der Waals surface area contributed by atoms with E-state index in [4.69, 9.17) is 9.47 Å². The fourth-order valence-electron chi connectivity index (χ4n) is 4.05. The highest BCUT2D eigenvalue weighted by Crippen LogP contribution is 3.02. The summed E-state index contributed by atoms with van der Waals surface area (Å²) < 4.78 is 78.6. The zero-order valence-electron chi connectivity index (χ0n) is 19.2. The summed E-state index contributed by atoms with van der Waals surface area (Å²) in [6.07, 6.45) is 5.36. The Morgan fingerprint density at radius 1 is 1.03 bits per heavy atom. The summed E-state index contributed by atoms with van der Waals surface area (Å²) in [6.45, 7) is 2.69. The van der Waals surface area contributed by atoms with Crippen LogP contribution in [0.15, 0.2) is 70.6 Å². The third kappa shape index (κ3) is 4.57. The molecule has 0 aliphatic carbocycles. The molecule has 192 valence electrons. The van der Waals surface area contributed by atoms with Crippen LogP contribution in [-0.4, -0.2) is 47.3 Å². The second-order valence-corrected chi connectivity index (χ2v) is 10.7. The number of aromatic nitrogens is 2. The summed E-state index contributed by atoms with van der Waals surface area (Å²) in [6, 6.07) is 8.46. The highest BCUT2D eigenvalue weighted by atomic mass is 32.5. The molecule has 3 aromatic rings. The van der Waals surface area contributed by atoms with Crippen LogP contribution in [0.25, 0.3) is 11.8 Å². The van der Waals surface area contributed by atoms with Crippen molar-refractivity contribution in [3.05, 3.63) is 72.0 Å². The highest BCUT2D eigenvalue weighted by Gasteiger charge is 2.65. The lowest BCUT2D eigenvalue weighted by Crippen LogP contribution is -2.47. The van der Waals surface area contributed by atoms with Crippen LogP contribution in [0.4, 0.5) is 25.1 Å². The van der Waals surface area contributed by atoms with Crippen molar-refractivity contribution in [1.29, 1.82) is 0 Å². The number of anilines is 1. The summed E-state index contributed by atoms with van der Waals surface area (Å²) in [5.74, 6) is 1.58. The van der Waals surface area contributed by atoms with Crippen LogP contribution < -0.4 is 9.75 Å². The van der Waals surface area contributed by atoms with Crippen molar-refractivity contribution >= 4 is 27.8 Å². The van der Waals surface area contributed by atoms with Gasteiger partial charge in [-0.1, -0.05) is 25.5 Å². The average molecular weight is 528 g/mol. The lowest BCUT2D eigenvalue weighted by atomic mass is 10.1. The molecule has 0 N–H and O–H groups in total. The van der Waals surface area contributed by atoms with Gasteiger partial charge in [-0.05, 0) is 55.0 Å². The maximum absolute atomic E-state index is 13.1. The Hall–Kier alpha value is -3.74. The Balaban J connectivity index is 1.39. The van der Waals surface area contributed by atoms with Crippen molar-refractivity contribution in [2.45, 2.75) is 11.8 Å². The molecule has 0 bridgehead atoms. The molecule has 36 heavy (non-hydrogen) atoms. The van der Waals surface area contributed by atoms with Crippen LogP contribution in [0.2, 0.25) is 0 Å². The lowest BCUT2D eigenvalue weighted by molar-refractivity contribution is 0.172. The minimum Gasteiger partial charge on any atom is -0.495 e. The first kappa shape index (κ1) is 24.0. The fourth-order valence-corrected chi connectivity index (χ4v) is 4.70. The highest BCUT2D eigenvalue weighted by molar-refractivity contribution is 8.45. The van der Waals surface area contributed by atoms with Gasteiger partial charge in [-0.15, -0.1) is 0 Å². The predicted molar refractivity (Wildman–Crippen MR) is 128 cm³/mol. The van der Waals surface area contributed by atoms with Gasteiger partial charge in [0.25, 0.3) is 0 Å². The molecule has 2 aliphatic rings. The van der Waals surface area contributed by atoms with E-state index in [-0.39, 0.29) is 6.67 Å². The number of halogens is 5. The number of amidine groups is 1. The second kappa shape index (κ2) is 7.63. The summed E-state index contributed by atoms with van der Waals surface area (Å²) >= 11 is 0. The number of fused-ring (bicyclic) bond motifs is 1. The van der Waals surface area contributed by atoms with Crippen LogP contribution in [-0.2, 0) is 4.74 Å². The minimum absolute atomic E-state index is 0.105. The van der Waals surface area contributed by atoms with Crippen molar-refractivity contribution < 1.29 is 28.9 Å². The zero-order chi connectivity index (χ0) is 25.8. The number of hydrazine groups is 1. The van der Waals surface area contributed by atoms with Crippen molar-refractivity contribution in [2.24, 2.45) is 4.99 Å². The molecule has 1 saturated heterocycles. The number of hydrogen-bond donors (Lipinski definition) is 0. The summed E-state index contributed by atoms with van der Waals surface area (Å²) in [5.41, 5.74) is 2.77. The number of benzene rings is 2. The van der Waals surface area contributed by atoms with Gasteiger partial charge in [-0.2, -0.15) is 0 Å². The van der Waals surface area contributed by atoms with Gasteiger partial charge in [-0.3, -0.25) is 10.0 Å². The Bertz CT molecular complexity index is 1390. The molecule has 1 fully saturated rings. The Morgan fingerprint density at radius 3 is 2.42 bits per heavy atom. The molecule has 0 radical (unpaired) electrons. The number of imidazole rings is 1. The van der Waals surface area contributed by atoms with E-state index in [1.165, 1.54) is 0 Å². The molecular formula is C23H22F5N5O2S. The Kier molecular flexibility index (Phi) is 5.08. The zero-order valence-corrected chi connectivity index (χ0v) is 20.1. The topological polar surface area (TPSA) is 55.1 Å². The van der Waals surface area contributed by atoms with E-state index >= 15 is 0 Å². The van der Waals surface area contributed by atoms with Crippen LogP contribution in [0.5, 0.6) is 5.75 Å². The standard InChI is InChI=1S/C23H22F5N5O2S/c1-16-13-31(14-29-16)20-8-3-17(11-21(20)34-2)12-22-23-30-15-33(32(23)9-10-35-22)18-4-6-19(7-5-18)36(24,25,26,27)28/h3-8,11-14H,9-10,15H2,1-2H3/b22-12-. The Labute approximate surface area is 203 Å². The first-order valence-corrected chi connectivity index (χ1v) is 12.7. The largest absolute Gasteiger partial charge is 0.495 e. The molecular weight excluding hydrogens is 505 g/mol. The molecule has 0 spiro atoms. The van der Waals surface area contributed by atoms with Crippen LogP contribution in [0.1, 0.15) is 11.3 Å². The van der Waals surface area contributed by atoms with E-state index in [1.807, 2.05) is 35.9 Å². The lowest BCUT2D eigenvalue weighted by Gasteiger charge is -2.41.